The molecule has 3 rings (SSSR count). The van der Waals surface area contributed by atoms with Crippen molar-refractivity contribution in [2.45, 2.75) is 91.9 Å². The number of aromatic nitrogens is 1. The van der Waals surface area contributed by atoms with Crippen molar-refractivity contribution in [3.63, 3.8) is 0 Å². The molecule has 1 aromatic heterocycles. The van der Waals surface area contributed by atoms with E-state index in [1.54, 1.807) is 13.8 Å². The van der Waals surface area contributed by atoms with Crippen LogP contribution in [-0.2, 0) is 4.79 Å². The lowest BCUT2D eigenvalue weighted by Gasteiger charge is -2.34. The number of unbranched alkanes of at least 4 members (excludes halogenated alkanes) is 7. The molecule has 0 radical (unpaired) electrons. The molecule has 3 heterocycles. The monoisotopic (exact) mass is 431 g/mol. The van der Waals surface area contributed by atoms with Crippen LogP contribution in [0.2, 0.25) is 0 Å². The van der Waals surface area contributed by atoms with Gasteiger partial charge in [0.15, 0.2) is 5.70 Å². The first kappa shape index (κ1) is 23.5. The molecule has 2 aliphatic rings. The molecule has 1 aromatic rings. The summed E-state index contributed by atoms with van der Waals surface area (Å²) in [5.41, 5.74) is 10.8. The Morgan fingerprint density at radius 3 is 2.19 bits per heavy atom. The number of carbonyl (C=O) groups excluding carboxylic acids is 1. The smallest absolute Gasteiger partial charge is 0.394 e. The molecule has 0 aliphatic carbocycles. The van der Waals surface area contributed by atoms with Gasteiger partial charge in [-0.05, 0) is 57.4 Å². The molecule has 0 bridgehead atoms. The summed E-state index contributed by atoms with van der Waals surface area (Å²) >= 11 is 0. The highest BCUT2D eigenvalue weighted by molar-refractivity contribution is 6.58. The van der Waals surface area contributed by atoms with Gasteiger partial charge in [0.25, 0.3) is 0 Å². The summed E-state index contributed by atoms with van der Waals surface area (Å²) in [5.74, 6) is -0.215. The fourth-order valence-electron chi connectivity index (χ4n) is 5.33. The molecular formula is C24H36BF2N3O. The van der Waals surface area contributed by atoms with Gasteiger partial charge < -0.3 is 23.3 Å². The number of nitrogens with two attached hydrogens (primary N) is 1. The molecule has 0 saturated heterocycles. The average molecular weight is 431 g/mol. The summed E-state index contributed by atoms with van der Waals surface area (Å²) in [6.07, 6.45) is 11.9. The zero-order valence-electron chi connectivity index (χ0n) is 19.4. The van der Waals surface area contributed by atoms with Gasteiger partial charge in [-0.3, -0.25) is 4.79 Å². The highest BCUT2D eigenvalue weighted by atomic mass is 19.2. The van der Waals surface area contributed by atoms with Crippen LogP contribution >= 0.6 is 0 Å². The Morgan fingerprint density at radius 1 is 1.00 bits per heavy atom. The van der Waals surface area contributed by atoms with E-state index in [4.69, 9.17) is 5.73 Å². The van der Waals surface area contributed by atoms with Gasteiger partial charge in [0.2, 0.25) is 5.91 Å². The van der Waals surface area contributed by atoms with Crippen molar-refractivity contribution in [2.75, 3.05) is 0 Å². The first-order valence-corrected chi connectivity index (χ1v) is 11.7. The Morgan fingerprint density at radius 2 is 1.58 bits per heavy atom. The number of carbonyl (C=O) groups is 1. The molecule has 2 N–H and O–H groups in total. The molecule has 0 aromatic carbocycles. The average Bonchev–Trinajstić information content (AvgIpc) is 3.15. The number of halogens is 2. The third-order valence-electron chi connectivity index (χ3n) is 6.63. The molecule has 170 valence electrons. The van der Waals surface area contributed by atoms with Crippen molar-refractivity contribution in [3.8, 4) is 0 Å². The number of nitrogens with zero attached hydrogens (tertiary/aromatic N) is 2. The van der Waals surface area contributed by atoms with E-state index in [-0.39, 0.29) is 5.91 Å². The van der Waals surface area contributed by atoms with E-state index in [1.165, 1.54) is 21.8 Å². The molecule has 0 saturated carbocycles. The van der Waals surface area contributed by atoms with Crippen LogP contribution in [0.4, 0.5) is 8.63 Å². The van der Waals surface area contributed by atoms with Gasteiger partial charge in [0.05, 0.1) is 0 Å². The summed E-state index contributed by atoms with van der Waals surface area (Å²) in [6, 6.07) is 1.89. The number of hydrogen-bond acceptors (Lipinski definition) is 1. The minimum atomic E-state index is -3.87. The van der Waals surface area contributed by atoms with E-state index in [9.17, 15) is 4.79 Å². The van der Waals surface area contributed by atoms with Crippen LogP contribution in [0.15, 0.2) is 23.4 Å². The maximum atomic E-state index is 15.5. The zero-order valence-corrected chi connectivity index (χ0v) is 19.4. The highest BCUT2D eigenvalue weighted by Crippen LogP contribution is 2.43. The molecular weight excluding hydrogens is 395 g/mol. The fourth-order valence-corrected chi connectivity index (χ4v) is 5.33. The Hall–Kier alpha value is -2.18. The van der Waals surface area contributed by atoms with Crippen LogP contribution < -0.4 is 5.73 Å². The summed E-state index contributed by atoms with van der Waals surface area (Å²) in [4.78, 5) is 10.7. The quantitative estimate of drug-likeness (QED) is 0.346. The normalized spacial score (nSPS) is 17.2. The predicted molar refractivity (Wildman–Crippen MR) is 124 cm³/mol. The molecule has 0 fully saturated rings. The third kappa shape index (κ3) is 4.70. The van der Waals surface area contributed by atoms with Crippen LogP contribution in [0.5, 0.6) is 0 Å². The number of rotatable bonds is 11. The van der Waals surface area contributed by atoms with E-state index in [0.717, 1.165) is 73.0 Å². The molecule has 31 heavy (non-hydrogen) atoms. The third-order valence-corrected chi connectivity index (χ3v) is 6.63. The molecule has 2 aliphatic heterocycles. The van der Waals surface area contributed by atoms with E-state index in [2.05, 4.69) is 0 Å². The zero-order chi connectivity index (χ0) is 22.8. The summed E-state index contributed by atoms with van der Waals surface area (Å²) in [6.45, 7) is 3.59. The van der Waals surface area contributed by atoms with Crippen molar-refractivity contribution in [1.29, 1.82) is 0 Å². The van der Waals surface area contributed by atoms with Gasteiger partial charge in [-0.1, -0.05) is 38.5 Å². The lowest BCUT2D eigenvalue weighted by molar-refractivity contribution is -0.363. The van der Waals surface area contributed by atoms with Crippen molar-refractivity contribution >= 4 is 24.2 Å². The lowest BCUT2D eigenvalue weighted by Crippen LogP contribution is -2.51. The number of allylic oxidation sites excluding steroid dienone is 3. The topological polar surface area (TPSA) is 51.0 Å². The maximum absolute atomic E-state index is 15.5. The van der Waals surface area contributed by atoms with E-state index >= 15 is 8.63 Å². The first-order chi connectivity index (χ1) is 14.7. The lowest BCUT2D eigenvalue weighted by atomic mass is 9.84. The number of fused-ring (bicyclic) bond motifs is 2. The summed E-state index contributed by atoms with van der Waals surface area (Å²) < 4.78 is 33.6. The maximum Gasteiger partial charge on any atom is 0.737 e. The number of primary amides is 1. The Labute approximate surface area is 184 Å². The van der Waals surface area contributed by atoms with Crippen LogP contribution in [0.3, 0.4) is 0 Å². The van der Waals surface area contributed by atoms with Crippen molar-refractivity contribution < 1.29 is 17.9 Å². The molecule has 7 heteroatoms. The number of hydrogen-bond donors (Lipinski definition) is 1. The predicted octanol–water partition coefficient (Wildman–Crippen LogP) is 5.87. The van der Waals surface area contributed by atoms with Crippen molar-refractivity contribution in [3.05, 3.63) is 40.4 Å². The molecule has 0 unspecified atom stereocenters. The van der Waals surface area contributed by atoms with Gasteiger partial charge in [-0.25, -0.2) is 0 Å². The van der Waals surface area contributed by atoms with Gasteiger partial charge in [-0.2, -0.15) is 0 Å². The number of amides is 1. The largest absolute Gasteiger partial charge is 0.737 e. The first-order valence-electron chi connectivity index (χ1n) is 11.7. The minimum Gasteiger partial charge on any atom is -0.394 e. The molecule has 0 atom stereocenters. The van der Waals surface area contributed by atoms with E-state index in [1.807, 2.05) is 26.0 Å². The molecule has 1 amide bonds. The molecule has 4 nitrogen and oxygen atoms in total. The fraction of sp³-hybridized carbons (Fsp3) is 0.583. The van der Waals surface area contributed by atoms with Crippen molar-refractivity contribution in [2.24, 2.45) is 5.73 Å². The van der Waals surface area contributed by atoms with Crippen LogP contribution in [0.1, 0.15) is 95.0 Å². The van der Waals surface area contributed by atoms with Gasteiger partial charge >= 0.3 is 6.97 Å². The van der Waals surface area contributed by atoms with Crippen LogP contribution in [0, 0.1) is 13.8 Å². The Balaban J connectivity index is 1.63. The summed E-state index contributed by atoms with van der Waals surface area (Å²) in [7, 11) is 0. The van der Waals surface area contributed by atoms with Crippen LogP contribution in [0.25, 0.3) is 5.57 Å². The SMILES string of the molecule is CC1=CC(C)=[N+]2C1=C(CCCCCCCCCCC(N)=O)c1c(C)cc(C)n1[B-]2(F)F. The van der Waals surface area contributed by atoms with Gasteiger partial charge in [-0.15, -0.1) is 0 Å². The van der Waals surface area contributed by atoms with Gasteiger partial charge in [0, 0.05) is 36.3 Å². The summed E-state index contributed by atoms with van der Waals surface area (Å²) in [5, 5.41) is 0. The highest BCUT2D eigenvalue weighted by Gasteiger charge is 2.54. The second-order valence-electron chi connectivity index (χ2n) is 9.24. The number of aryl methyl sites for hydroxylation is 2. The second kappa shape index (κ2) is 9.53. The second-order valence-corrected chi connectivity index (χ2v) is 9.24. The van der Waals surface area contributed by atoms with Crippen molar-refractivity contribution in [1.82, 2.24) is 4.48 Å². The van der Waals surface area contributed by atoms with Crippen LogP contribution in [-0.4, -0.2) is 27.6 Å². The molecule has 0 spiro atoms. The van der Waals surface area contributed by atoms with Gasteiger partial charge in [0.1, 0.15) is 5.71 Å². The Bertz CT molecular complexity index is 956. The Kier molecular flexibility index (Phi) is 7.22. The van der Waals surface area contributed by atoms with E-state index < -0.39 is 6.97 Å². The van der Waals surface area contributed by atoms with E-state index in [0.29, 0.717) is 17.8 Å². The minimum absolute atomic E-state index is 0.215. The standard InChI is InChI=1S/C24H36BF2N3O/c1-17-15-19(3)29-23(17)21(24-18(2)16-20(4)30(24)25(29,26)27)13-11-9-7-5-6-8-10-12-14-22(28)31/h15-16H,5-14H2,1-4H3,(H2,28,31).